The van der Waals surface area contributed by atoms with Gasteiger partial charge in [-0.1, -0.05) is 36.4 Å². The van der Waals surface area contributed by atoms with E-state index >= 15 is 0 Å². The Morgan fingerprint density at radius 1 is 0.966 bits per heavy atom. The van der Waals surface area contributed by atoms with Crippen LogP contribution in [0, 0.1) is 6.92 Å². The number of carbonyl (C=O) groups excluding carboxylic acids is 2. The summed E-state index contributed by atoms with van der Waals surface area (Å²) in [6, 6.07) is 19.0. The van der Waals surface area contributed by atoms with Crippen molar-refractivity contribution in [3.8, 4) is 5.75 Å². The van der Waals surface area contributed by atoms with Gasteiger partial charge in [0.1, 0.15) is 17.9 Å². The van der Waals surface area contributed by atoms with Gasteiger partial charge in [0.15, 0.2) is 0 Å². The minimum Gasteiger partial charge on any atom is -0.425 e. The largest absolute Gasteiger partial charge is 0.425 e. The Morgan fingerprint density at radius 3 is 2.41 bits per heavy atom. The summed E-state index contributed by atoms with van der Waals surface area (Å²) >= 11 is 0. The van der Waals surface area contributed by atoms with E-state index in [1.807, 2.05) is 19.1 Å². The summed E-state index contributed by atoms with van der Waals surface area (Å²) in [5.41, 5.74) is 1.14. The number of benzene rings is 3. The van der Waals surface area contributed by atoms with Crippen molar-refractivity contribution in [1.29, 1.82) is 0 Å². The molecule has 0 fully saturated rings. The normalized spacial score (nSPS) is 10.8. The number of aryl methyl sites for hydroxylation is 1. The van der Waals surface area contributed by atoms with Crippen molar-refractivity contribution in [3.05, 3.63) is 88.3 Å². The SMILES string of the molecule is Cc1cc(OC(=O)CNC(=O)c2ccccc2)cc2oc(=O)c3ccccc3c12. The van der Waals surface area contributed by atoms with Crippen LogP contribution in [0.25, 0.3) is 21.7 Å². The maximum atomic E-state index is 12.2. The fourth-order valence-corrected chi connectivity index (χ4v) is 3.25. The van der Waals surface area contributed by atoms with Gasteiger partial charge in [-0.2, -0.15) is 0 Å². The van der Waals surface area contributed by atoms with Crippen LogP contribution in [0.1, 0.15) is 15.9 Å². The maximum Gasteiger partial charge on any atom is 0.344 e. The summed E-state index contributed by atoms with van der Waals surface area (Å²) in [4.78, 5) is 36.4. The van der Waals surface area contributed by atoms with Crippen LogP contribution in [0.5, 0.6) is 5.75 Å². The molecule has 0 saturated carbocycles. The predicted molar refractivity (Wildman–Crippen MR) is 109 cm³/mol. The summed E-state index contributed by atoms with van der Waals surface area (Å²) in [6.07, 6.45) is 0. The molecule has 0 radical (unpaired) electrons. The standard InChI is InChI=1S/C23H17NO5/c1-14-11-16(28-20(25)13-24-22(26)15-7-3-2-4-8-15)12-19-21(14)17-9-5-6-10-18(17)23(27)29-19/h2-12H,13H2,1H3,(H,24,26). The van der Waals surface area contributed by atoms with Crippen LogP contribution >= 0.6 is 0 Å². The van der Waals surface area contributed by atoms with E-state index < -0.39 is 11.6 Å². The van der Waals surface area contributed by atoms with Crippen molar-refractivity contribution in [2.75, 3.05) is 6.54 Å². The number of carbonyl (C=O) groups is 2. The summed E-state index contributed by atoms with van der Waals surface area (Å²) in [6.45, 7) is 1.57. The van der Waals surface area contributed by atoms with Gasteiger partial charge in [-0.05, 0) is 36.8 Å². The molecular weight excluding hydrogens is 370 g/mol. The highest BCUT2D eigenvalue weighted by atomic mass is 16.5. The number of esters is 1. The molecule has 6 nitrogen and oxygen atoms in total. The second kappa shape index (κ2) is 7.59. The zero-order valence-corrected chi connectivity index (χ0v) is 15.6. The van der Waals surface area contributed by atoms with Crippen molar-refractivity contribution < 1.29 is 18.7 Å². The molecule has 1 N–H and O–H groups in total. The molecule has 0 aliphatic carbocycles. The van der Waals surface area contributed by atoms with Gasteiger partial charge in [0, 0.05) is 22.4 Å². The minimum atomic E-state index is -0.629. The highest BCUT2D eigenvalue weighted by Gasteiger charge is 2.14. The van der Waals surface area contributed by atoms with Gasteiger partial charge in [-0.3, -0.25) is 4.79 Å². The lowest BCUT2D eigenvalue weighted by Crippen LogP contribution is -2.31. The van der Waals surface area contributed by atoms with E-state index in [4.69, 9.17) is 9.15 Å². The number of hydrogen-bond donors (Lipinski definition) is 1. The van der Waals surface area contributed by atoms with Crippen molar-refractivity contribution in [2.24, 2.45) is 0 Å². The van der Waals surface area contributed by atoms with Crippen LogP contribution in [-0.2, 0) is 4.79 Å². The van der Waals surface area contributed by atoms with Crippen LogP contribution in [0.4, 0.5) is 0 Å². The summed E-state index contributed by atoms with van der Waals surface area (Å²) in [7, 11) is 0. The first-order valence-electron chi connectivity index (χ1n) is 9.03. The Labute approximate surface area is 165 Å². The van der Waals surface area contributed by atoms with Crippen molar-refractivity contribution in [3.63, 3.8) is 0 Å². The van der Waals surface area contributed by atoms with Gasteiger partial charge in [0.2, 0.25) is 0 Å². The number of rotatable bonds is 4. The fourth-order valence-electron chi connectivity index (χ4n) is 3.25. The van der Waals surface area contributed by atoms with Crippen LogP contribution in [-0.4, -0.2) is 18.4 Å². The number of amides is 1. The van der Waals surface area contributed by atoms with E-state index in [0.29, 0.717) is 16.5 Å². The molecule has 3 aromatic carbocycles. The molecule has 4 aromatic rings. The molecule has 0 spiro atoms. The average molecular weight is 387 g/mol. The fraction of sp³-hybridized carbons (Fsp3) is 0.0870. The number of ether oxygens (including phenoxy) is 1. The van der Waals surface area contributed by atoms with Crippen molar-refractivity contribution >= 4 is 33.6 Å². The molecular formula is C23H17NO5. The average Bonchev–Trinajstić information content (AvgIpc) is 2.72. The van der Waals surface area contributed by atoms with Crippen molar-refractivity contribution in [2.45, 2.75) is 6.92 Å². The van der Waals surface area contributed by atoms with Crippen molar-refractivity contribution in [1.82, 2.24) is 5.32 Å². The highest BCUT2D eigenvalue weighted by Crippen LogP contribution is 2.29. The van der Waals surface area contributed by atoms with Gasteiger partial charge < -0.3 is 14.5 Å². The molecule has 4 rings (SSSR count). The Morgan fingerprint density at radius 2 is 1.66 bits per heavy atom. The van der Waals surface area contributed by atoms with Crippen LogP contribution in [0.15, 0.2) is 75.9 Å². The van der Waals surface area contributed by atoms with Crippen LogP contribution in [0.3, 0.4) is 0 Å². The topological polar surface area (TPSA) is 85.6 Å². The van der Waals surface area contributed by atoms with Gasteiger partial charge in [0.05, 0.1) is 5.39 Å². The maximum absolute atomic E-state index is 12.2. The molecule has 1 heterocycles. The first-order valence-corrected chi connectivity index (χ1v) is 9.03. The van der Waals surface area contributed by atoms with Crippen LogP contribution < -0.4 is 15.7 Å². The predicted octanol–water partition coefficient (Wildman–Crippen LogP) is 3.59. The van der Waals surface area contributed by atoms with E-state index in [1.54, 1.807) is 48.5 Å². The lowest BCUT2D eigenvalue weighted by Gasteiger charge is -2.10. The second-order valence-electron chi connectivity index (χ2n) is 6.57. The molecule has 144 valence electrons. The Kier molecular flexibility index (Phi) is 4.83. The molecule has 0 aliphatic heterocycles. The Balaban J connectivity index is 1.55. The lowest BCUT2D eigenvalue weighted by atomic mass is 10.0. The molecule has 0 aliphatic rings. The smallest absolute Gasteiger partial charge is 0.344 e. The summed E-state index contributed by atoms with van der Waals surface area (Å²) < 4.78 is 10.7. The molecule has 0 saturated heterocycles. The van der Waals surface area contributed by atoms with Crippen LogP contribution in [0.2, 0.25) is 0 Å². The molecule has 1 aromatic heterocycles. The van der Waals surface area contributed by atoms with Gasteiger partial charge in [-0.25, -0.2) is 9.59 Å². The first kappa shape index (κ1) is 18.4. The van der Waals surface area contributed by atoms with E-state index in [1.165, 1.54) is 6.07 Å². The Bertz CT molecular complexity index is 1290. The zero-order chi connectivity index (χ0) is 20.4. The van der Waals surface area contributed by atoms with Gasteiger partial charge in [0.25, 0.3) is 5.91 Å². The molecule has 6 heteroatoms. The first-order chi connectivity index (χ1) is 14.0. The monoisotopic (exact) mass is 387 g/mol. The third-order valence-electron chi connectivity index (χ3n) is 4.55. The number of hydrogen-bond acceptors (Lipinski definition) is 5. The quantitative estimate of drug-likeness (QED) is 0.250. The van der Waals surface area contributed by atoms with E-state index in [-0.39, 0.29) is 18.2 Å². The number of fused-ring (bicyclic) bond motifs is 3. The third-order valence-corrected chi connectivity index (χ3v) is 4.55. The summed E-state index contributed by atoms with van der Waals surface area (Å²) in [5.74, 6) is -0.752. The minimum absolute atomic E-state index is 0.243. The molecule has 0 atom stereocenters. The molecule has 0 unspecified atom stereocenters. The Hall–Kier alpha value is -3.93. The van der Waals surface area contributed by atoms with E-state index in [2.05, 4.69) is 5.32 Å². The zero-order valence-electron chi connectivity index (χ0n) is 15.6. The molecule has 1 amide bonds. The van der Waals surface area contributed by atoms with E-state index in [9.17, 15) is 14.4 Å². The molecule has 29 heavy (non-hydrogen) atoms. The lowest BCUT2D eigenvalue weighted by molar-refractivity contribution is -0.133. The number of nitrogens with one attached hydrogen (secondary N) is 1. The van der Waals surface area contributed by atoms with Gasteiger partial charge in [-0.15, -0.1) is 0 Å². The highest BCUT2D eigenvalue weighted by molar-refractivity contribution is 6.06. The molecule has 0 bridgehead atoms. The van der Waals surface area contributed by atoms with Gasteiger partial charge >= 0.3 is 11.6 Å². The summed E-state index contributed by atoms with van der Waals surface area (Å²) in [5, 5.41) is 4.58. The second-order valence-corrected chi connectivity index (χ2v) is 6.57. The third kappa shape index (κ3) is 3.73. The van der Waals surface area contributed by atoms with E-state index in [0.717, 1.165) is 16.3 Å².